The van der Waals surface area contributed by atoms with Crippen LogP contribution in [0.1, 0.15) is 37.0 Å². The van der Waals surface area contributed by atoms with E-state index in [4.69, 9.17) is 0 Å². The van der Waals surface area contributed by atoms with Gasteiger partial charge in [-0.15, -0.1) is 0 Å². The van der Waals surface area contributed by atoms with E-state index in [0.717, 1.165) is 25.9 Å². The Balaban J connectivity index is 2.23. The van der Waals surface area contributed by atoms with Crippen LogP contribution < -0.4 is 5.32 Å². The summed E-state index contributed by atoms with van der Waals surface area (Å²) in [5, 5.41) is 3.14. The summed E-state index contributed by atoms with van der Waals surface area (Å²) in [6, 6.07) is 4.00. The van der Waals surface area contributed by atoms with Crippen LogP contribution in [0.25, 0.3) is 0 Å². The molecule has 0 aromatic carbocycles. The first kappa shape index (κ1) is 11.9. The van der Waals surface area contributed by atoms with Crippen LogP contribution in [0.2, 0.25) is 0 Å². The minimum atomic E-state index is 0.0963. The maximum absolute atomic E-state index is 12.4. The quantitative estimate of drug-likeness (QED) is 0.870. The number of pyridine rings is 1. The zero-order valence-corrected chi connectivity index (χ0v) is 10.4. The van der Waals surface area contributed by atoms with E-state index in [9.17, 15) is 4.79 Å². The number of likely N-dealkylation sites (tertiary alicyclic amines) is 1. The molecule has 1 aliphatic rings. The average Bonchev–Trinajstić information content (AvgIpc) is 2.76. The molecule has 1 atom stereocenters. The van der Waals surface area contributed by atoms with E-state index in [0.29, 0.717) is 17.4 Å². The molecule has 92 valence electrons. The Kier molecular flexibility index (Phi) is 3.61. The van der Waals surface area contributed by atoms with Crippen LogP contribution in [0.5, 0.6) is 0 Å². The Bertz CT molecular complexity index is 405. The Morgan fingerprint density at radius 2 is 2.47 bits per heavy atom. The number of nitrogens with one attached hydrogen (secondary N) is 1. The molecule has 0 spiro atoms. The summed E-state index contributed by atoms with van der Waals surface area (Å²) in [6.45, 7) is 5.74. The van der Waals surface area contributed by atoms with Gasteiger partial charge in [-0.2, -0.15) is 0 Å². The standard InChI is InChI=1S/C13H19N3O/c1-3-14-12-11(7-4-8-15-12)13(17)16-9-5-6-10(16)2/h4,7-8,10H,3,5-6,9H2,1-2H3,(H,14,15). The van der Waals surface area contributed by atoms with Crippen molar-refractivity contribution in [2.24, 2.45) is 0 Å². The third-order valence-corrected chi connectivity index (χ3v) is 3.20. The number of rotatable bonds is 3. The molecule has 1 fully saturated rings. The summed E-state index contributed by atoms with van der Waals surface area (Å²) in [5.41, 5.74) is 0.683. The highest BCUT2D eigenvalue weighted by molar-refractivity contribution is 5.99. The van der Waals surface area contributed by atoms with Crippen LogP contribution in [0.3, 0.4) is 0 Å². The molecule has 1 unspecified atom stereocenters. The number of hydrogen-bond donors (Lipinski definition) is 1. The Labute approximate surface area is 102 Å². The fraction of sp³-hybridized carbons (Fsp3) is 0.538. The van der Waals surface area contributed by atoms with Crippen LogP contribution in [-0.4, -0.2) is 34.9 Å². The summed E-state index contributed by atoms with van der Waals surface area (Å²) in [7, 11) is 0. The fourth-order valence-electron chi connectivity index (χ4n) is 2.28. The molecule has 2 heterocycles. The summed E-state index contributed by atoms with van der Waals surface area (Å²) < 4.78 is 0. The highest BCUT2D eigenvalue weighted by Gasteiger charge is 2.27. The van der Waals surface area contributed by atoms with Gasteiger partial charge in [0.2, 0.25) is 0 Å². The molecule has 4 heteroatoms. The van der Waals surface area contributed by atoms with E-state index in [1.807, 2.05) is 24.0 Å². The van der Waals surface area contributed by atoms with E-state index in [1.165, 1.54) is 0 Å². The van der Waals surface area contributed by atoms with E-state index in [1.54, 1.807) is 6.20 Å². The zero-order chi connectivity index (χ0) is 12.3. The van der Waals surface area contributed by atoms with Gasteiger partial charge in [0.25, 0.3) is 5.91 Å². The second-order valence-electron chi connectivity index (χ2n) is 4.42. The van der Waals surface area contributed by atoms with Gasteiger partial charge in [0.1, 0.15) is 5.82 Å². The minimum Gasteiger partial charge on any atom is -0.370 e. The van der Waals surface area contributed by atoms with E-state index < -0.39 is 0 Å². The van der Waals surface area contributed by atoms with Crippen LogP contribution in [0.15, 0.2) is 18.3 Å². The fourth-order valence-corrected chi connectivity index (χ4v) is 2.28. The lowest BCUT2D eigenvalue weighted by Gasteiger charge is -2.22. The molecule has 0 bridgehead atoms. The van der Waals surface area contributed by atoms with Gasteiger partial charge in [0, 0.05) is 25.3 Å². The maximum Gasteiger partial charge on any atom is 0.257 e. The molecule has 0 saturated carbocycles. The predicted octanol–water partition coefficient (Wildman–Crippen LogP) is 2.14. The van der Waals surface area contributed by atoms with E-state index in [-0.39, 0.29) is 5.91 Å². The summed E-state index contributed by atoms with van der Waals surface area (Å²) in [4.78, 5) is 18.6. The molecule has 0 aliphatic carbocycles. The van der Waals surface area contributed by atoms with Crippen molar-refractivity contribution in [1.82, 2.24) is 9.88 Å². The molecular weight excluding hydrogens is 214 g/mol. The van der Waals surface area contributed by atoms with Gasteiger partial charge < -0.3 is 10.2 Å². The van der Waals surface area contributed by atoms with Crippen molar-refractivity contribution in [2.45, 2.75) is 32.7 Å². The van der Waals surface area contributed by atoms with Crippen LogP contribution in [0, 0.1) is 0 Å². The van der Waals surface area contributed by atoms with E-state index in [2.05, 4.69) is 17.2 Å². The maximum atomic E-state index is 12.4. The first-order valence-corrected chi connectivity index (χ1v) is 6.24. The molecule has 1 N–H and O–H groups in total. The Morgan fingerprint density at radius 3 is 3.12 bits per heavy atom. The number of carbonyl (C=O) groups excluding carboxylic acids is 1. The van der Waals surface area contributed by atoms with E-state index >= 15 is 0 Å². The molecule has 1 saturated heterocycles. The monoisotopic (exact) mass is 233 g/mol. The number of amides is 1. The van der Waals surface area contributed by atoms with Gasteiger partial charge >= 0.3 is 0 Å². The van der Waals surface area contributed by atoms with Crippen molar-refractivity contribution < 1.29 is 4.79 Å². The molecule has 2 rings (SSSR count). The molecule has 0 radical (unpaired) electrons. The van der Waals surface area contributed by atoms with Gasteiger partial charge in [-0.25, -0.2) is 4.98 Å². The smallest absolute Gasteiger partial charge is 0.257 e. The minimum absolute atomic E-state index is 0.0963. The second kappa shape index (κ2) is 5.17. The third-order valence-electron chi connectivity index (χ3n) is 3.20. The largest absolute Gasteiger partial charge is 0.370 e. The van der Waals surface area contributed by atoms with Crippen molar-refractivity contribution in [3.63, 3.8) is 0 Å². The normalized spacial score (nSPS) is 19.4. The first-order chi connectivity index (χ1) is 8.24. The number of carbonyl (C=O) groups is 1. The van der Waals surface area contributed by atoms with Crippen molar-refractivity contribution in [1.29, 1.82) is 0 Å². The van der Waals surface area contributed by atoms with Gasteiger partial charge in [-0.3, -0.25) is 4.79 Å². The zero-order valence-electron chi connectivity index (χ0n) is 10.4. The van der Waals surface area contributed by atoms with Crippen LogP contribution in [0.4, 0.5) is 5.82 Å². The molecule has 4 nitrogen and oxygen atoms in total. The Hall–Kier alpha value is -1.58. The number of nitrogens with zero attached hydrogens (tertiary/aromatic N) is 2. The lowest BCUT2D eigenvalue weighted by molar-refractivity contribution is 0.0748. The van der Waals surface area contributed by atoms with Crippen LogP contribution in [-0.2, 0) is 0 Å². The molecule has 1 aliphatic heterocycles. The van der Waals surface area contributed by atoms with Crippen molar-refractivity contribution >= 4 is 11.7 Å². The van der Waals surface area contributed by atoms with Crippen molar-refractivity contribution in [3.05, 3.63) is 23.9 Å². The third kappa shape index (κ3) is 2.40. The lowest BCUT2D eigenvalue weighted by Crippen LogP contribution is -2.34. The topological polar surface area (TPSA) is 45.2 Å². The van der Waals surface area contributed by atoms with Gasteiger partial charge in [-0.1, -0.05) is 0 Å². The number of hydrogen-bond acceptors (Lipinski definition) is 3. The van der Waals surface area contributed by atoms with Crippen molar-refractivity contribution in [2.75, 3.05) is 18.4 Å². The van der Waals surface area contributed by atoms with Gasteiger partial charge in [0.15, 0.2) is 0 Å². The lowest BCUT2D eigenvalue weighted by atomic mass is 10.2. The number of aromatic nitrogens is 1. The summed E-state index contributed by atoms with van der Waals surface area (Å²) in [5.74, 6) is 0.790. The first-order valence-electron chi connectivity index (χ1n) is 6.24. The highest BCUT2D eigenvalue weighted by atomic mass is 16.2. The molecule has 1 amide bonds. The van der Waals surface area contributed by atoms with Gasteiger partial charge in [0.05, 0.1) is 5.56 Å². The van der Waals surface area contributed by atoms with Gasteiger partial charge in [-0.05, 0) is 38.8 Å². The molecule has 17 heavy (non-hydrogen) atoms. The second-order valence-corrected chi connectivity index (χ2v) is 4.42. The van der Waals surface area contributed by atoms with Crippen molar-refractivity contribution in [3.8, 4) is 0 Å². The summed E-state index contributed by atoms with van der Waals surface area (Å²) in [6.07, 6.45) is 3.91. The SMILES string of the molecule is CCNc1ncccc1C(=O)N1CCCC1C. The van der Waals surface area contributed by atoms with Crippen LogP contribution >= 0.6 is 0 Å². The summed E-state index contributed by atoms with van der Waals surface area (Å²) >= 11 is 0. The predicted molar refractivity (Wildman–Crippen MR) is 68.1 cm³/mol. The number of anilines is 1. The molecule has 1 aromatic heterocycles. The average molecular weight is 233 g/mol. The Morgan fingerprint density at radius 1 is 1.65 bits per heavy atom. The molecule has 1 aromatic rings. The highest BCUT2D eigenvalue weighted by Crippen LogP contribution is 2.22. The molecular formula is C13H19N3O.